The molecule has 1 saturated heterocycles. The molecule has 1 fully saturated rings. The van der Waals surface area contributed by atoms with Crippen LogP contribution in [0.4, 0.5) is 10.5 Å². The molecule has 2 atom stereocenters. The van der Waals surface area contributed by atoms with Crippen LogP contribution in [0.1, 0.15) is 16.8 Å². The Kier molecular flexibility index (Phi) is 3.72. The van der Waals surface area contributed by atoms with Gasteiger partial charge in [0.15, 0.2) is 0 Å². The number of rotatable bonds is 2. The van der Waals surface area contributed by atoms with Crippen LogP contribution in [0.3, 0.4) is 0 Å². The molecule has 3 rings (SSSR count). The van der Waals surface area contributed by atoms with E-state index in [9.17, 15) is 19.7 Å². The van der Waals surface area contributed by atoms with Crippen LogP contribution in [0.25, 0.3) is 0 Å². The summed E-state index contributed by atoms with van der Waals surface area (Å²) in [6.45, 7) is 0.493. The van der Waals surface area contributed by atoms with Crippen LogP contribution in [0.2, 0.25) is 0 Å². The van der Waals surface area contributed by atoms with Crippen molar-refractivity contribution >= 4 is 17.7 Å². The Balaban J connectivity index is 1.84. The molecule has 0 bridgehead atoms. The molecule has 10 nitrogen and oxygen atoms in total. The third-order valence-corrected chi connectivity index (χ3v) is 3.87. The van der Waals surface area contributed by atoms with Crippen molar-refractivity contribution in [3.8, 4) is 5.88 Å². The van der Waals surface area contributed by atoms with Crippen molar-refractivity contribution in [1.29, 1.82) is 0 Å². The fourth-order valence-electron chi connectivity index (χ4n) is 2.79. The number of alkyl carbamates (subject to hydrolysis) is 1. The van der Waals surface area contributed by atoms with E-state index in [1.165, 1.54) is 12.0 Å². The van der Waals surface area contributed by atoms with Gasteiger partial charge >= 0.3 is 6.09 Å². The van der Waals surface area contributed by atoms with Crippen LogP contribution in [0.15, 0.2) is 12.3 Å². The first kappa shape index (κ1) is 15.0. The van der Waals surface area contributed by atoms with E-state index in [1.807, 2.05) is 0 Å². The summed E-state index contributed by atoms with van der Waals surface area (Å²) in [7, 11) is 1.26. The lowest BCUT2D eigenvalue weighted by atomic mass is 10.2. The molecule has 10 heteroatoms. The van der Waals surface area contributed by atoms with Crippen LogP contribution >= 0.6 is 0 Å². The Hall–Kier alpha value is -2.91. The highest BCUT2D eigenvalue weighted by atomic mass is 16.6. The number of carbonyl (C=O) groups excluding carboxylic acids is 2. The van der Waals surface area contributed by atoms with Crippen molar-refractivity contribution in [2.24, 2.45) is 0 Å². The van der Waals surface area contributed by atoms with Crippen LogP contribution in [0.5, 0.6) is 5.88 Å². The minimum absolute atomic E-state index is 0.0559. The highest BCUT2D eigenvalue weighted by Gasteiger charge is 2.40. The van der Waals surface area contributed by atoms with Gasteiger partial charge in [-0.1, -0.05) is 0 Å². The van der Waals surface area contributed by atoms with E-state index < -0.39 is 16.9 Å². The van der Waals surface area contributed by atoms with Gasteiger partial charge in [-0.2, -0.15) is 0 Å². The summed E-state index contributed by atoms with van der Waals surface area (Å²) in [6.07, 6.45) is 1.000. The average molecular weight is 322 g/mol. The molecule has 2 amide bonds. The first-order chi connectivity index (χ1) is 11.0. The minimum atomic E-state index is -0.617. The van der Waals surface area contributed by atoms with Gasteiger partial charge < -0.3 is 19.7 Å². The number of ether oxygens (including phenoxy) is 2. The molecule has 1 N–H and O–H groups in total. The second kappa shape index (κ2) is 5.71. The van der Waals surface area contributed by atoms with E-state index in [-0.39, 0.29) is 42.4 Å². The van der Waals surface area contributed by atoms with Crippen molar-refractivity contribution in [3.63, 3.8) is 0 Å². The molecule has 122 valence electrons. The quantitative estimate of drug-likeness (QED) is 0.614. The molecule has 2 aliphatic rings. The van der Waals surface area contributed by atoms with Crippen LogP contribution in [-0.2, 0) is 4.74 Å². The number of nitro groups is 1. The largest absolute Gasteiger partial charge is 0.475 e. The van der Waals surface area contributed by atoms with Gasteiger partial charge in [0.25, 0.3) is 11.6 Å². The average Bonchev–Trinajstić information content (AvgIpc) is 2.89. The predicted octanol–water partition coefficient (Wildman–Crippen LogP) is 0.321. The first-order valence-corrected chi connectivity index (χ1v) is 6.92. The number of hydrogen-bond acceptors (Lipinski definition) is 7. The van der Waals surface area contributed by atoms with E-state index >= 15 is 0 Å². The number of hydrogen-bond donors (Lipinski definition) is 1. The minimum Gasteiger partial charge on any atom is -0.475 e. The smallest absolute Gasteiger partial charge is 0.407 e. The normalized spacial score (nSPS) is 22.5. The Morgan fingerprint density at radius 3 is 3.09 bits per heavy atom. The Labute approximate surface area is 130 Å². The fourth-order valence-corrected chi connectivity index (χ4v) is 2.79. The number of nitrogens with one attached hydrogen (secondary N) is 1. The lowest BCUT2D eigenvalue weighted by molar-refractivity contribution is -0.385. The van der Waals surface area contributed by atoms with E-state index in [2.05, 4.69) is 15.0 Å². The zero-order valence-corrected chi connectivity index (χ0v) is 12.2. The monoisotopic (exact) mass is 322 g/mol. The molecule has 0 spiro atoms. The predicted molar refractivity (Wildman–Crippen MR) is 75.2 cm³/mol. The maximum Gasteiger partial charge on any atom is 0.407 e. The van der Waals surface area contributed by atoms with Crippen molar-refractivity contribution in [2.75, 3.05) is 20.3 Å². The van der Waals surface area contributed by atoms with E-state index in [0.717, 1.165) is 12.3 Å². The summed E-state index contributed by atoms with van der Waals surface area (Å²) in [5.74, 6) is -0.305. The van der Waals surface area contributed by atoms with Crippen LogP contribution in [-0.4, -0.2) is 59.2 Å². The second-order valence-electron chi connectivity index (χ2n) is 5.29. The van der Waals surface area contributed by atoms with Gasteiger partial charge in [-0.25, -0.2) is 9.78 Å². The maximum absolute atomic E-state index is 12.6. The number of pyridine rings is 1. The van der Waals surface area contributed by atoms with Gasteiger partial charge in [0.05, 0.1) is 24.1 Å². The first-order valence-electron chi connectivity index (χ1n) is 6.92. The molecule has 0 radical (unpaired) electrons. The molecular weight excluding hydrogens is 308 g/mol. The molecule has 0 aromatic carbocycles. The number of nitrogens with zero attached hydrogens (tertiary/aromatic N) is 3. The second-order valence-corrected chi connectivity index (χ2v) is 5.29. The van der Waals surface area contributed by atoms with E-state index in [4.69, 9.17) is 4.74 Å². The third kappa shape index (κ3) is 2.74. The van der Waals surface area contributed by atoms with Crippen LogP contribution in [0, 0.1) is 10.1 Å². The summed E-state index contributed by atoms with van der Waals surface area (Å²) >= 11 is 0. The van der Waals surface area contributed by atoms with Gasteiger partial charge in [-0.3, -0.25) is 14.9 Å². The van der Waals surface area contributed by atoms with Crippen molar-refractivity contribution in [1.82, 2.24) is 15.2 Å². The molecule has 2 aliphatic heterocycles. The standard InChI is InChI=1S/C13H14N4O6/c1-22-13(19)15-7-2-9-6-23-11-10(12(18)16(9)5-7)3-8(4-14-11)17(20)21/h3-4,7,9H,2,5-6H2,1H3,(H,15,19)/t7-,9-/m1/s1. The van der Waals surface area contributed by atoms with Crippen molar-refractivity contribution < 1.29 is 24.0 Å². The molecule has 0 unspecified atom stereocenters. The van der Waals surface area contributed by atoms with E-state index in [1.54, 1.807) is 0 Å². The molecular formula is C13H14N4O6. The summed E-state index contributed by atoms with van der Waals surface area (Å²) < 4.78 is 10.1. The molecule has 23 heavy (non-hydrogen) atoms. The summed E-state index contributed by atoms with van der Waals surface area (Å²) in [4.78, 5) is 39.6. The topological polar surface area (TPSA) is 124 Å². The van der Waals surface area contributed by atoms with Gasteiger partial charge in [-0.05, 0) is 6.42 Å². The van der Waals surface area contributed by atoms with Crippen molar-refractivity contribution in [2.45, 2.75) is 18.5 Å². The van der Waals surface area contributed by atoms with E-state index in [0.29, 0.717) is 6.42 Å². The number of amides is 2. The summed E-state index contributed by atoms with van der Waals surface area (Å²) in [5, 5.41) is 13.5. The number of fused-ring (bicyclic) bond motifs is 2. The lowest BCUT2D eigenvalue weighted by Crippen LogP contribution is -2.39. The molecule has 0 aliphatic carbocycles. The highest BCUT2D eigenvalue weighted by molar-refractivity contribution is 5.97. The highest BCUT2D eigenvalue weighted by Crippen LogP contribution is 2.30. The fraction of sp³-hybridized carbons (Fsp3) is 0.462. The molecule has 0 saturated carbocycles. The van der Waals surface area contributed by atoms with Crippen LogP contribution < -0.4 is 10.1 Å². The zero-order valence-electron chi connectivity index (χ0n) is 12.2. The summed E-state index contributed by atoms with van der Waals surface area (Å²) in [5.41, 5.74) is -0.219. The molecule has 3 heterocycles. The maximum atomic E-state index is 12.6. The summed E-state index contributed by atoms with van der Waals surface area (Å²) in [6, 6.07) is 0.666. The van der Waals surface area contributed by atoms with Crippen molar-refractivity contribution in [3.05, 3.63) is 27.9 Å². The van der Waals surface area contributed by atoms with Gasteiger partial charge in [0, 0.05) is 12.6 Å². The van der Waals surface area contributed by atoms with Gasteiger partial charge in [0.2, 0.25) is 5.88 Å². The Morgan fingerprint density at radius 2 is 2.39 bits per heavy atom. The Bertz CT molecular complexity index is 678. The number of carbonyl (C=O) groups is 2. The molecule has 1 aromatic heterocycles. The molecule has 1 aromatic rings. The third-order valence-electron chi connectivity index (χ3n) is 3.87. The number of aromatic nitrogens is 1. The lowest BCUT2D eigenvalue weighted by Gasteiger charge is -2.20. The SMILES string of the molecule is COC(=O)N[C@@H]1C[C@@H]2COc3ncc([N+](=O)[O-])cc3C(=O)N2C1. The number of methoxy groups -OCH3 is 1. The Morgan fingerprint density at radius 1 is 1.61 bits per heavy atom. The zero-order chi connectivity index (χ0) is 16.6. The van der Waals surface area contributed by atoms with Gasteiger partial charge in [0.1, 0.15) is 18.4 Å². The van der Waals surface area contributed by atoms with Gasteiger partial charge in [-0.15, -0.1) is 0 Å².